The Bertz CT molecular complexity index is 777. The van der Waals surface area contributed by atoms with E-state index in [1.54, 1.807) is 0 Å². The van der Waals surface area contributed by atoms with Crippen LogP contribution in [0.5, 0.6) is 0 Å². The summed E-state index contributed by atoms with van der Waals surface area (Å²) in [6, 6.07) is 7.92. The highest BCUT2D eigenvalue weighted by atomic mass is 35.5. The van der Waals surface area contributed by atoms with Crippen LogP contribution in [0.1, 0.15) is 25.1 Å². The number of nitrogens with zero attached hydrogens (tertiary/aromatic N) is 3. The Morgan fingerprint density at radius 3 is 2.28 bits per heavy atom. The number of aromatic amines is 1. The lowest BCUT2D eigenvalue weighted by Gasteiger charge is -2.36. The Morgan fingerprint density at radius 2 is 1.72 bits per heavy atom. The molecule has 0 amide bonds. The van der Waals surface area contributed by atoms with Gasteiger partial charge in [0.1, 0.15) is 0 Å². The number of aromatic nitrogens is 2. The van der Waals surface area contributed by atoms with Crippen LogP contribution in [-0.4, -0.2) is 36.1 Å². The van der Waals surface area contributed by atoms with Gasteiger partial charge < -0.3 is 9.80 Å². The minimum atomic E-state index is -0.00340. The maximum Gasteiger partial charge on any atom is 0.255 e. The quantitative estimate of drug-likeness (QED) is 0.909. The number of hydrogen-bond acceptors (Lipinski definition) is 4. The number of anilines is 2. The number of benzene rings is 1. The summed E-state index contributed by atoms with van der Waals surface area (Å²) in [4.78, 5) is 24.5. The van der Waals surface area contributed by atoms with Crippen LogP contribution in [-0.2, 0) is 6.42 Å². The SMILES string of the molecule is Cc1nc(N2CCN(c3ccc(Cl)cc3)CC2)[nH]c(=O)c1CC(C)C. The molecule has 0 spiro atoms. The summed E-state index contributed by atoms with van der Waals surface area (Å²) < 4.78 is 0. The van der Waals surface area contributed by atoms with E-state index < -0.39 is 0 Å². The summed E-state index contributed by atoms with van der Waals surface area (Å²) in [5, 5.41) is 0.751. The molecule has 25 heavy (non-hydrogen) atoms. The fourth-order valence-corrected chi connectivity index (χ4v) is 3.35. The van der Waals surface area contributed by atoms with Crippen molar-refractivity contribution >= 4 is 23.2 Å². The Balaban J connectivity index is 1.70. The first-order chi connectivity index (χ1) is 11.9. The lowest BCUT2D eigenvalue weighted by Crippen LogP contribution is -2.47. The van der Waals surface area contributed by atoms with E-state index >= 15 is 0 Å². The maximum atomic E-state index is 12.4. The van der Waals surface area contributed by atoms with Gasteiger partial charge in [0.15, 0.2) is 0 Å². The number of H-pyrrole nitrogens is 1. The highest BCUT2D eigenvalue weighted by Gasteiger charge is 2.20. The number of halogens is 1. The second-order valence-corrected chi connectivity index (χ2v) is 7.44. The standard InChI is InChI=1S/C19H25ClN4O/c1-13(2)12-17-14(3)21-19(22-18(17)25)24-10-8-23(9-11-24)16-6-4-15(20)5-7-16/h4-7,13H,8-12H2,1-3H3,(H,21,22,25). The average Bonchev–Trinajstić information content (AvgIpc) is 2.59. The van der Waals surface area contributed by atoms with Crippen molar-refractivity contribution in [1.29, 1.82) is 0 Å². The highest BCUT2D eigenvalue weighted by Crippen LogP contribution is 2.21. The minimum Gasteiger partial charge on any atom is -0.368 e. The fourth-order valence-electron chi connectivity index (χ4n) is 3.22. The van der Waals surface area contributed by atoms with Crippen LogP contribution in [0, 0.1) is 12.8 Å². The van der Waals surface area contributed by atoms with Crippen molar-refractivity contribution in [2.75, 3.05) is 36.0 Å². The fraction of sp³-hybridized carbons (Fsp3) is 0.474. The molecular weight excluding hydrogens is 336 g/mol. The van der Waals surface area contributed by atoms with Gasteiger partial charge in [-0.05, 0) is 43.5 Å². The van der Waals surface area contributed by atoms with E-state index in [0.29, 0.717) is 11.9 Å². The molecule has 0 atom stereocenters. The Morgan fingerprint density at radius 1 is 1.12 bits per heavy atom. The molecule has 1 aromatic carbocycles. The second kappa shape index (κ2) is 7.48. The first-order valence-electron chi connectivity index (χ1n) is 8.79. The molecule has 6 heteroatoms. The summed E-state index contributed by atoms with van der Waals surface area (Å²) in [6.45, 7) is 9.59. The van der Waals surface area contributed by atoms with E-state index in [0.717, 1.165) is 48.9 Å². The van der Waals surface area contributed by atoms with Gasteiger partial charge in [0.2, 0.25) is 5.95 Å². The summed E-state index contributed by atoms with van der Waals surface area (Å²) in [5.74, 6) is 1.13. The molecule has 2 aromatic rings. The van der Waals surface area contributed by atoms with Crippen molar-refractivity contribution in [3.8, 4) is 0 Å². The molecule has 1 aromatic heterocycles. The van der Waals surface area contributed by atoms with E-state index in [2.05, 4.69) is 33.6 Å². The van der Waals surface area contributed by atoms with Crippen LogP contribution < -0.4 is 15.4 Å². The molecular formula is C19H25ClN4O. The van der Waals surface area contributed by atoms with Crippen LogP contribution in [0.25, 0.3) is 0 Å². The third-order valence-electron chi connectivity index (χ3n) is 4.59. The zero-order chi connectivity index (χ0) is 18.0. The molecule has 2 heterocycles. The van der Waals surface area contributed by atoms with Gasteiger partial charge in [-0.3, -0.25) is 9.78 Å². The molecule has 134 valence electrons. The molecule has 0 bridgehead atoms. The van der Waals surface area contributed by atoms with Gasteiger partial charge >= 0.3 is 0 Å². The molecule has 0 aliphatic carbocycles. The van der Waals surface area contributed by atoms with Gasteiger partial charge in [0, 0.05) is 48.1 Å². The van der Waals surface area contributed by atoms with Crippen LogP contribution in [0.3, 0.4) is 0 Å². The predicted octanol–water partition coefficient (Wildman–Crippen LogP) is 3.26. The van der Waals surface area contributed by atoms with E-state index in [-0.39, 0.29) is 5.56 Å². The minimum absolute atomic E-state index is 0.00340. The molecule has 1 N–H and O–H groups in total. The van der Waals surface area contributed by atoms with Crippen molar-refractivity contribution in [3.05, 3.63) is 50.9 Å². The first kappa shape index (κ1) is 17.8. The highest BCUT2D eigenvalue weighted by molar-refractivity contribution is 6.30. The average molecular weight is 361 g/mol. The van der Waals surface area contributed by atoms with Gasteiger partial charge in [-0.2, -0.15) is 0 Å². The number of aryl methyl sites for hydroxylation is 1. The van der Waals surface area contributed by atoms with E-state index in [4.69, 9.17) is 11.6 Å². The molecule has 0 unspecified atom stereocenters. The molecule has 0 radical (unpaired) electrons. The van der Waals surface area contributed by atoms with Gasteiger partial charge in [-0.25, -0.2) is 4.98 Å². The monoisotopic (exact) mass is 360 g/mol. The van der Waals surface area contributed by atoms with Crippen LogP contribution in [0.15, 0.2) is 29.1 Å². The molecule has 1 aliphatic heterocycles. The third-order valence-corrected chi connectivity index (χ3v) is 4.85. The van der Waals surface area contributed by atoms with Crippen molar-refractivity contribution in [1.82, 2.24) is 9.97 Å². The zero-order valence-corrected chi connectivity index (χ0v) is 15.8. The lowest BCUT2D eigenvalue weighted by atomic mass is 10.0. The summed E-state index contributed by atoms with van der Waals surface area (Å²) in [7, 11) is 0. The zero-order valence-electron chi connectivity index (χ0n) is 15.1. The maximum absolute atomic E-state index is 12.4. The lowest BCUT2D eigenvalue weighted by molar-refractivity contribution is 0.623. The first-order valence-corrected chi connectivity index (χ1v) is 9.17. The van der Waals surface area contributed by atoms with Gasteiger partial charge in [0.25, 0.3) is 5.56 Å². The normalized spacial score (nSPS) is 15.1. The molecule has 0 saturated carbocycles. The summed E-state index contributed by atoms with van der Waals surface area (Å²) in [6.07, 6.45) is 0.763. The molecule has 3 rings (SSSR count). The molecule has 1 fully saturated rings. The number of nitrogens with one attached hydrogen (secondary N) is 1. The third kappa shape index (κ3) is 4.15. The predicted molar refractivity (Wildman–Crippen MR) is 104 cm³/mol. The van der Waals surface area contributed by atoms with Crippen molar-refractivity contribution in [2.24, 2.45) is 5.92 Å². The van der Waals surface area contributed by atoms with Gasteiger partial charge in [-0.15, -0.1) is 0 Å². The van der Waals surface area contributed by atoms with Gasteiger partial charge in [-0.1, -0.05) is 25.4 Å². The Labute approximate surface area is 153 Å². The van der Waals surface area contributed by atoms with E-state index in [9.17, 15) is 4.79 Å². The molecule has 5 nitrogen and oxygen atoms in total. The number of hydrogen-bond donors (Lipinski definition) is 1. The van der Waals surface area contributed by atoms with Crippen LogP contribution >= 0.6 is 11.6 Å². The van der Waals surface area contributed by atoms with E-state index in [1.165, 1.54) is 5.69 Å². The molecule has 1 aliphatic rings. The Kier molecular flexibility index (Phi) is 5.33. The van der Waals surface area contributed by atoms with E-state index in [1.807, 2.05) is 31.2 Å². The number of piperazine rings is 1. The smallest absolute Gasteiger partial charge is 0.255 e. The summed E-state index contributed by atoms with van der Waals surface area (Å²) >= 11 is 5.96. The topological polar surface area (TPSA) is 52.2 Å². The molecule has 1 saturated heterocycles. The van der Waals surface area contributed by atoms with Crippen molar-refractivity contribution in [2.45, 2.75) is 27.2 Å². The number of rotatable bonds is 4. The van der Waals surface area contributed by atoms with Crippen molar-refractivity contribution < 1.29 is 0 Å². The largest absolute Gasteiger partial charge is 0.368 e. The Hall–Kier alpha value is -2.01. The van der Waals surface area contributed by atoms with Crippen molar-refractivity contribution in [3.63, 3.8) is 0 Å². The summed E-state index contributed by atoms with van der Waals surface area (Å²) in [5.41, 5.74) is 2.82. The van der Waals surface area contributed by atoms with Gasteiger partial charge in [0.05, 0.1) is 0 Å². The second-order valence-electron chi connectivity index (χ2n) is 7.00. The van der Waals surface area contributed by atoms with Crippen LogP contribution in [0.4, 0.5) is 11.6 Å². The van der Waals surface area contributed by atoms with Crippen LogP contribution in [0.2, 0.25) is 5.02 Å².